The minimum Gasteiger partial charge on any atom is -0.458 e. The number of amides is 10. The molecular weight excluding hydrogens is 1760 g/mol. The maximum absolute atomic E-state index is 12.2. The third kappa shape index (κ3) is 92.0. The number of unbranched alkanes of at least 4 members (excludes halogenated alkanes) is 8. The molecule has 10 amide bonds. The predicted molar refractivity (Wildman–Crippen MR) is 487 cm³/mol. The largest absolute Gasteiger partial charge is 0.458 e. The smallest absolute Gasteiger partial charge is 0.306 e. The topological polar surface area (TPSA) is 625 Å². The molecule has 0 saturated heterocycles. The van der Waals surface area contributed by atoms with Crippen LogP contribution in [0.1, 0.15) is 261 Å². The molecule has 0 aliphatic heterocycles. The molecule has 43 heteroatoms. The summed E-state index contributed by atoms with van der Waals surface area (Å²) < 4.78 is 56.8. The summed E-state index contributed by atoms with van der Waals surface area (Å²) in [5, 5.41) is 20.7. The molecule has 0 aromatic rings. The minimum atomic E-state index is -0.882. The van der Waals surface area contributed by atoms with Gasteiger partial charge in [0.25, 0.3) is 0 Å². The van der Waals surface area contributed by atoms with E-state index in [1.54, 1.807) is 13.8 Å². The lowest BCUT2D eigenvalue weighted by Crippen LogP contribution is -2.45. The first kappa shape index (κ1) is 130. The molecule has 0 aliphatic rings. The van der Waals surface area contributed by atoms with E-state index in [-0.39, 0.29) is 233 Å². The molecule has 0 fully saturated rings. The third-order valence-electron chi connectivity index (χ3n) is 18.6. The lowest BCUT2D eigenvalue weighted by atomic mass is 10.0. The highest BCUT2D eigenvalue weighted by Gasteiger charge is 2.24. The molecule has 4 unspecified atom stereocenters. The van der Waals surface area contributed by atoms with Crippen molar-refractivity contribution in [3.63, 3.8) is 0 Å². The van der Waals surface area contributed by atoms with Crippen LogP contribution in [0, 0.1) is 0 Å². The number of ether oxygens (including phenoxy) is 11. The summed E-state index contributed by atoms with van der Waals surface area (Å²) in [7, 11) is 0. The van der Waals surface area contributed by atoms with Crippen LogP contribution in [-0.4, -0.2) is 305 Å². The van der Waals surface area contributed by atoms with E-state index >= 15 is 0 Å². The van der Waals surface area contributed by atoms with E-state index in [1.807, 2.05) is 0 Å². The third-order valence-corrected chi connectivity index (χ3v) is 18.6. The Morgan fingerprint density at radius 2 is 0.478 bits per heavy atom. The molecule has 0 rings (SSSR count). The molecule has 0 spiro atoms. The molecule has 0 radical (unpaired) electrons. The van der Waals surface area contributed by atoms with Gasteiger partial charge in [-0.25, -0.2) is 0 Å². The molecule has 43 nitrogen and oxygen atoms in total. The van der Waals surface area contributed by atoms with Gasteiger partial charge in [-0.15, -0.1) is 13.2 Å². The molecule has 0 aromatic heterocycles. The predicted octanol–water partition coefficient (Wildman–Crippen LogP) is 2.66. The van der Waals surface area contributed by atoms with Crippen LogP contribution in [0.3, 0.4) is 0 Å². The van der Waals surface area contributed by atoms with Gasteiger partial charge in [-0.05, 0) is 84.5 Å². The van der Waals surface area contributed by atoms with Gasteiger partial charge < -0.3 is 106 Å². The first-order valence-corrected chi connectivity index (χ1v) is 45.9. The van der Waals surface area contributed by atoms with E-state index < -0.39 is 89.9 Å². The van der Waals surface area contributed by atoms with Crippen LogP contribution >= 0.6 is 0 Å². The highest BCUT2D eigenvalue weighted by Crippen LogP contribution is 2.14. The van der Waals surface area contributed by atoms with Gasteiger partial charge in [0.2, 0.25) is 59.1 Å². The van der Waals surface area contributed by atoms with E-state index in [1.165, 1.54) is 41.5 Å². The van der Waals surface area contributed by atoms with Crippen molar-refractivity contribution in [2.75, 3.05) is 152 Å². The summed E-state index contributed by atoms with van der Waals surface area (Å²) in [4.78, 5) is 257. The highest BCUT2D eigenvalue weighted by atomic mass is 16.6. The van der Waals surface area contributed by atoms with Crippen molar-refractivity contribution in [1.29, 1.82) is 0 Å². The Hall–Kier alpha value is -10.4. The van der Waals surface area contributed by atoms with Crippen molar-refractivity contribution in [3.8, 4) is 0 Å². The van der Waals surface area contributed by atoms with Crippen LogP contribution in [0.2, 0.25) is 0 Å². The number of Topliss-reactive ketones (excluding diaryl/α,β-unsaturated/α-hetero) is 9. The lowest BCUT2D eigenvalue weighted by Gasteiger charge is -2.16. The average molecular weight is 1920 g/mol. The lowest BCUT2D eigenvalue weighted by molar-refractivity contribution is -0.148. The van der Waals surface area contributed by atoms with E-state index in [2.05, 4.69) is 55.7 Å². The number of primary amides is 2. The summed E-state index contributed by atoms with van der Waals surface area (Å²) >= 11 is 0. The Balaban J connectivity index is -0.00000104. The minimum absolute atomic E-state index is 0.0533. The van der Waals surface area contributed by atoms with E-state index in [9.17, 15) is 105 Å². The zero-order chi connectivity index (χ0) is 101. The SMILES string of the molecule is C=C.CC(=O)NCCOCCOCC(=O)NC(CCCCCC(=O)CC(=O)COC(=O)CCCC(=O)CCCCCC(NC(=O)COCCOCCNC(C)=O)C(N)=O)C(C)=O.CC(=O)NCCOCCOCC(=O)NC(CCCCCC(=O)COC(=O)CCCCCC(NC(=O)COCCOCCNC(C)=O)C(N)=O)C(C)=O.CCC(=O)CCCC(=O)COC(=O)CCCC(=O)CC. The van der Waals surface area contributed by atoms with Gasteiger partial charge in [-0.2, -0.15) is 0 Å². The standard InChI is InChI=1S/C40H67N5O15.C34H59N5O13.C15H24O5.C2H4/c1-29(46)35(44-37(52)27-58-23-21-56-19-17-42-30(2)47)14-8-5-7-12-33(50)25-34(51)26-60-39(54)16-10-13-32(49)11-6-4-9-15-36(40(41)55)45-38(53)28-59-24-22-57-20-18-43-31(3)48;1-25(40)29(38-31(44)23-50-20-18-48-16-14-36-26(2)41)11-7-4-6-10-28(43)22-52-33(46)13-9-5-8-12-30(34(35)47)39-32(45)24-51-21-19-49-17-15-37-27(3)42;1-3-12(16)7-5-9-14(18)11-20-15(19)10-6-8-13(17)4-2;1-2/h35-36H,4-28H2,1-3H3,(H2,41,55)(H,42,47)(H,43,48)(H,44,52)(H,45,53);29-30H,4-24H2,1-3H3,(H2,35,47)(H,36,41)(H,37,42)(H,38,44)(H,39,45);3-11H2,1-2H3;1-2H2. The number of rotatable bonds is 86. The number of nitrogens with one attached hydrogen (secondary N) is 8. The molecular formula is C91H154N10O33. The molecule has 0 aromatic carbocycles. The van der Waals surface area contributed by atoms with E-state index in [0.717, 1.165) is 0 Å². The Morgan fingerprint density at radius 1 is 0.246 bits per heavy atom. The Labute approximate surface area is 787 Å². The first-order chi connectivity index (χ1) is 63.9. The van der Waals surface area contributed by atoms with Gasteiger partial charge in [0.15, 0.2) is 28.9 Å². The van der Waals surface area contributed by atoms with Crippen molar-refractivity contribution in [2.24, 2.45) is 11.5 Å². The molecule has 0 saturated carbocycles. The highest BCUT2D eigenvalue weighted by molar-refractivity contribution is 6.00. The molecule has 134 heavy (non-hydrogen) atoms. The Bertz CT molecular complexity index is 3350. The number of hydrogen-bond acceptors (Lipinski definition) is 33. The fourth-order valence-corrected chi connectivity index (χ4v) is 11.4. The van der Waals surface area contributed by atoms with Crippen LogP contribution in [0.4, 0.5) is 0 Å². The summed E-state index contributed by atoms with van der Waals surface area (Å²) in [6.45, 7) is 20.2. The van der Waals surface area contributed by atoms with Crippen molar-refractivity contribution in [3.05, 3.63) is 13.2 Å². The second-order valence-corrected chi connectivity index (χ2v) is 30.7. The van der Waals surface area contributed by atoms with Gasteiger partial charge in [0, 0.05) is 131 Å². The van der Waals surface area contributed by atoms with E-state index in [0.29, 0.717) is 187 Å². The van der Waals surface area contributed by atoms with Gasteiger partial charge in [-0.1, -0.05) is 65.2 Å². The molecule has 0 bridgehead atoms. The van der Waals surface area contributed by atoms with Gasteiger partial charge in [0.1, 0.15) is 81.5 Å². The van der Waals surface area contributed by atoms with Crippen LogP contribution in [-0.2, 0) is 158 Å². The van der Waals surface area contributed by atoms with Crippen molar-refractivity contribution < 1.29 is 158 Å². The van der Waals surface area contributed by atoms with Crippen LogP contribution < -0.4 is 54.0 Å². The van der Waals surface area contributed by atoms with Gasteiger partial charge >= 0.3 is 17.9 Å². The van der Waals surface area contributed by atoms with Crippen LogP contribution in [0.25, 0.3) is 0 Å². The average Bonchev–Trinajstić information content (AvgIpc) is 0.949. The second-order valence-electron chi connectivity index (χ2n) is 30.7. The maximum Gasteiger partial charge on any atom is 0.306 e. The van der Waals surface area contributed by atoms with Gasteiger partial charge in [0.05, 0.1) is 97.8 Å². The number of nitrogens with two attached hydrogens (primary N) is 2. The molecule has 766 valence electrons. The van der Waals surface area contributed by atoms with Crippen LogP contribution in [0.15, 0.2) is 13.2 Å². The summed E-state index contributed by atoms with van der Waals surface area (Å²) in [6.07, 6.45) is 11.8. The molecule has 4 atom stereocenters. The number of carbonyl (C=O) groups excluding carboxylic acids is 22. The summed E-state index contributed by atoms with van der Waals surface area (Å²) in [5.74, 6) is -6.90. The maximum atomic E-state index is 12.2. The Kier molecular flexibility index (Phi) is 87.6. The number of carbonyl (C=O) groups is 22. The Morgan fingerprint density at radius 3 is 0.769 bits per heavy atom. The fourth-order valence-electron chi connectivity index (χ4n) is 11.4. The second kappa shape index (κ2) is 90.4. The number of esters is 3. The first-order valence-electron chi connectivity index (χ1n) is 45.9. The van der Waals surface area contributed by atoms with Crippen molar-refractivity contribution in [1.82, 2.24) is 42.5 Å². The zero-order valence-corrected chi connectivity index (χ0v) is 80.2. The fraction of sp³-hybridized carbons (Fsp3) is 0.736. The monoisotopic (exact) mass is 1920 g/mol. The van der Waals surface area contributed by atoms with Crippen molar-refractivity contribution >= 4 is 129 Å². The normalized spacial score (nSPS) is 11.4. The summed E-state index contributed by atoms with van der Waals surface area (Å²) in [6, 6.07) is -3.11. The number of ketones is 9. The van der Waals surface area contributed by atoms with Crippen LogP contribution in [0.5, 0.6) is 0 Å². The molecule has 0 heterocycles. The van der Waals surface area contributed by atoms with E-state index in [4.69, 9.17) is 63.6 Å². The molecule has 12 N–H and O–H groups in total. The summed E-state index contributed by atoms with van der Waals surface area (Å²) in [5.41, 5.74) is 10.8. The molecule has 0 aliphatic carbocycles. The number of hydrogen-bond donors (Lipinski definition) is 10. The zero-order valence-electron chi connectivity index (χ0n) is 80.2. The van der Waals surface area contributed by atoms with Crippen molar-refractivity contribution in [2.45, 2.75) is 285 Å². The quantitative estimate of drug-likeness (QED) is 0.0138. The van der Waals surface area contributed by atoms with Gasteiger partial charge in [-0.3, -0.25) is 105 Å².